The van der Waals surface area contributed by atoms with E-state index in [9.17, 15) is 9.59 Å². The van der Waals surface area contributed by atoms with Crippen molar-refractivity contribution in [2.45, 2.75) is 38.1 Å². The second kappa shape index (κ2) is 7.11. The summed E-state index contributed by atoms with van der Waals surface area (Å²) < 4.78 is 5.11. The predicted molar refractivity (Wildman–Crippen MR) is 79.7 cm³/mol. The van der Waals surface area contributed by atoms with Gasteiger partial charge in [-0.25, -0.2) is 4.79 Å². The molecule has 114 valence electrons. The summed E-state index contributed by atoms with van der Waals surface area (Å²) in [6.45, 7) is 2.72. The molecule has 1 aromatic rings. The van der Waals surface area contributed by atoms with Gasteiger partial charge in [-0.15, -0.1) is 0 Å². The van der Waals surface area contributed by atoms with E-state index in [-0.39, 0.29) is 12.1 Å². The molecule has 1 aliphatic rings. The molecule has 2 atom stereocenters. The largest absolute Gasteiger partial charge is 0.450 e. The smallest absolute Gasteiger partial charge is 0.410 e. The van der Waals surface area contributed by atoms with E-state index < -0.39 is 11.8 Å². The number of hydrogen-bond donors (Lipinski definition) is 1. The van der Waals surface area contributed by atoms with Crippen molar-refractivity contribution in [3.8, 4) is 0 Å². The van der Waals surface area contributed by atoms with Crippen LogP contribution in [0, 0.1) is 0 Å². The summed E-state index contributed by atoms with van der Waals surface area (Å²) in [4.78, 5) is 25.7. The number of ether oxygens (including phenoxy) is 1. The Kier molecular flexibility index (Phi) is 5.20. The lowest BCUT2D eigenvalue weighted by molar-refractivity contribution is -0.121. The molecule has 1 heterocycles. The Morgan fingerprint density at radius 3 is 2.67 bits per heavy atom. The van der Waals surface area contributed by atoms with E-state index >= 15 is 0 Å². The van der Waals surface area contributed by atoms with Gasteiger partial charge in [0.1, 0.15) is 0 Å². The van der Waals surface area contributed by atoms with Gasteiger partial charge in [-0.1, -0.05) is 30.3 Å². The molecule has 0 bridgehead atoms. The number of likely N-dealkylation sites (tertiary alicyclic amines) is 1. The first-order valence-corrected chi connectivity index (χ1v) is 7.42. The van der Waals surface area contributed by atoms with E-state index in [1.54, 1.807) is 11.8 Å². The number of piperidine rings is 1. The highest BCUT2D eigenvalue weighted by Crippen LogP contribution is 2.30. The maximum atomic E-state index is 12.1. The van der Waals surface area contributed by atoms with E-state index in [2.05, 4.69) is 0 Å². The second-order valence-electron chi connectivity index (χ2n) is 5.25. The van der Waals surface area contributed by atoms with Gasteiger partial charge in [0, 0.05) is 6.54 Å². The van der Waals surface area contributed by atoms with Gasteiger partial charge in [0.15, 0.2) is 0 Å². The molecule has 0 unspecified atom stereocenters. The molecule has 0 aromatic heterocycles. The molecule has 0 spiro atoms. The number of benzene rings is 1. The minimum Gasteiger partial charge on any atom is -0.450 e. The number of hydrogen-bond acceptors (Lipinski definition) is 3. The Hall–Kier alpha value is -2.04. The normalized spacial score (nSPS) is 19.9. The third-order valence-corrected chi connectivity index (χ3v) is 3.90. The maximum Gasteiger partial charge on any atom is 0.410 e. The maximum absolute atomic E-state index is 12.1. The molecule has 0 saturated carbocycles. The lowest BCUT2D eigenvalue weighted by Crippen LogP contribution is -2.50. The van der Waals surface area contributed by atoms with Gasteiger partial charge in [0.2, 0.25) is 5.91 Å². The van der Waals surface area contributed by atoms with Crippen LogP contribution >= 0.6 is 0 Å². The standard InChI is InChI=1S/C16H22N2O3/c1-2-21-16(20)18-11-7-6-10-13(18)14(15(17)19)12-8-4-3-5-9-12/h3-5,8-9,13-14H,2,6-7,10-11H2,1H3,(H2,17,19)/t13-,14+/m1/s1. The molecule has 21 heavy (non-hydrogen) atoms. The Morgan fingerprint density at radius 1 is 1.33 bits per heavy atom. The van der Waals surface area contributed by atoms with E-state index in [4.69, 9.17) is 10.5 Å². The highest BCUT2D eigenvalue weighted by molar-refractivity contribution is 5.83. The number of carbonyl (C=O) groups excluding carboxylic acids is 2. The van der Waals surface area contributed by atoms with E-state index in [0.29, 0.717) is 13.2 Å². The van der Waals surface area contributed by atoms with E-state index in [0.717, 1.165) is 24.8 Å². The number of nitrogens with two attached hydrogens (primary N) is 1. The molecule has 5 heteroatoms. The summed E-state index contributed by atoms with van der Waals surface area (Å²) in [7, 11) is 0. The minimum atomic E-state index is -0.490. The van der Waals surface area contributed by atoms with Gasteiger partial charge in [0.25, 0.3) is 0 Å². The highest BCUT2D eigenvalue weighted by atomic mass is 16.6. The fourth-order valence-corrected chi connectivity index (χ4v) is 2.97. The molecule has 0 aliphatic carbocycles. The zero-order valence-corrected chi connectivity index (χ0v) is 12.3. The fourth-order valence-electron chi connectivity index (χ4n) is 2.97. The van der Waals surface area contributed by atoms with Gasteiger partial charge in [-0.2, -0.15) is 0 Å². The van der Waals surface area contributed by atoms with Crippen LogP contribution in [0.25, 0.3) is 0 Å². The van der Waals surface area contributed by atoms with Crippen LogP contribution in [0.3, 0.4) is 0 Å². The van der Waals surface area contributed by atoms with Crippen molar-refractivity contribution < 1.29 is 14.3 Å². The molecule has 1 aromatic carbocycles. The Labute approximate surface area is 125 Å². The van der Waals surface area contributed by atoms with Crippen molar-refractivity contribution >= 4 is 12.0 Å². The van der Waals surface area contributed by atoms with Gasteiger partial charge < -0.3 is 15.4 Å². The number of carbonyl (C=O) groups is 2. The van der Waals surface area contributed by atoms with Crippen LogP contribution in [0.1, 0.15) is 37.7 Å². The number of primary amides is 1. The van der Waals surface area contributed by atoms with Gasteiger partial charge >= 0.3 is 6.09 Å². The van der Waals surface area contributed by atoms with Crippen molar-refractivity contribution in [1.29, 1.82) is 0 Å². The first kappa shape index (κ1) is 15.4. The number of rotatable bonds is 4. The zero-order valence-electron chi connectivity index (χ0n) is 12.3. The monoisotopic (exact) mass is 290 g/mol. The number of amides is 2. The third kappa shape index (κ3) is 3.54. The summed E-state index contributed by atoms with van der Waals surface area (Å²) in [5.41, 5.74) is 6.47. The van der Waals surface area contributed by atoms with Gasteiger partial charge in [-0.05, 0) is 31.7 Å². The first-order valence-electron chi connectivity index (χ1n) is 7.42. The molecule has 0 radical (unpaired) electrons. The summed E-state index contributed by atoms with van der Waals surface area (Å²) in [5, 5.41) is 0. The SMILES string of the molecule is CCOC(=O)N1CCCC[C@@H]1[C@@H](C(N)=O)c1ccccc1. The van der Waals surface area contributed by atoms with Crippen LogP contribution in [0.2, 0.25) is 0 Å². The summed E-state index contributed by atoms with van der Waals surface area (Å²) in [6.07, 6.45) is 2.32. The van der Waals surface area contributed by atoms with Crippen LogP contribution in [-0.2, 0) is 9.53 Å². The minimum absolute atomic E-state index is 0.224. The molecular formula is C16H22N2O3. The molecule has 1 fully saturated rings. The summed E-state index contributed by atoms with van der Waals surface area (Å²) in [6, 6.07) is 9.19. The molecular weight excluding hydrogens is 268 g/mol. The Morgan fingerprint density at radius 2 is 2.05 bits per heavy atom. The summed E-state index contributed by atoms with van der Waals surface area (Å²) >= 11 is 0. The van der Waals surface area contributed by atoms with Crippen LogP contribution < -0.4 is 5.73 Å². The Balaban J connectivity index is 2.28. The molecule has 5 nitrogen and oxygen atoms in total. The van der Waals surface area contributed by atoms with Crippen LogP contribution in [0.15, 0.2) is 30.3 Å². The average Bonchev–Trinajstić information content (AvgIpc) is 2.49. The molecule has 2 amide bonds. The lowest BCUT2D eigenvalue weighted by Gasteiger charge is -2.38. The van der Waals surface area contributed by atoms with Gasteiger partial charge in [0.05, 0.1) is 18.6 Å². The van der Waals surface area contributed by atoms with Crippen LogP contribution in [0.4, 0.5) is 4.79 Å². The Bertz CT molecular complexity index is 490. The van der Waals surface area contributed by atoms with E-state index in [1.807, 2.05) is 30.3 Å². The van der Waals surface area contributed by atoms with Crippen molar-refractivity contribution in [3.05, 3.63) is 35.9 Å². The van der Waals surface area contributed by atoms with Crippen LogP contribution in [-0.4, -0.2) is 36.1 Å². The molecule has 1 saturated heterocycles. The molecule has 2 N–H and O–H groups in total. The zero-order chi connectivity index (χ0) is 15.2. The molecule has 2 rings (SSSR count). The predicted octanol–water partition coefficient (Wildman–Crippen LogP) is 2.27. The van der Waals surface area contributed by atoms with E-state index in [1.165, 1.54) is 0 Å². The lowest BCUT2D eigenvalue weighted by atomic mass is 9.85. The fraction of sp³-hybridized carbons (Fsp3) is 0.500. The first-order chi connectivity index (χ1) is 10.1. The molecule has 1 aliphatic heterocycles. The highest BCUT2D eigenvalue weighted by Gasteiger charge is 2.37. The number of nitrogens with zero attached hydrogens (tertiary/aromatic N) is 1. The third-order valence-electron chi connectivity index (χ3n) is 3.90. The van der Waals surface area contributed by atoms with Crippen molar-refractivity contribution in [1.82, 2.24) is 4.90 Å². The second-order valence-corrected chi connectivity index (χ2v) is 5.25. The summed E-state index contributed by atoms with van der Waals surface area (Å²) in [5.74, 6) is -0.890. The van der Waals surface area contributed by atoms with Gasteiger partial charge in [-0.3, -0.25) is 4.79 Å². The quantitative estimate of drug-likeness (QED) is 0.924. The topological polar surface area (TPSA) is 72.6 Å². The van der Waals surface area contributed by atoms with Crippen molar-refractivity contribution in [2.75, 3.05) is 13.2 Å². The average molecular weight is 290 g/mol. The van der Waals surface area contributed by atoms with Crippen molar-refractivity contribution in [3.63, 3.8) is 0 Å². The van der Waals surface area contributed by atoms with Crippen LogP contribution in [0.5, 0.6) is 0 Å². The van der Waals surface area contributed by atoms with Crippen molar-refractivity contribution in [2.24, 2.45) is 5.73 Å².